The highest BCUT2D eigenvalue weighted by Crippen LogP contribution is 2.44. The minimum absolute atomic E-state index is 0.299. The highest BCUT2D eigenvalue weighted by Gasteiger charge is 2.37. The van der Waals surface area contributed by atoms with E-state index >= 15 is 0 Å². The molecule has 0 aromatic heterocycles. The number of halogens is 2. The molecule has 2 aromatic rings. The Morgan fingerprint density at radius 3 is 2.50 bits per heavy atom. The molecule has 0 amide bonds. The van der Waals surface area contributed by atoms with Crippen LogP contribution < -0.4 is 0 Å². The molecule has 3 nitrogen and oxygen atoms in total. The Morgan fingerprint density at radius 1 is 1.09 bits per heavy atom. The first-order chi connectivity index (χ1) is 10.5. The van der Waals surface area contributed by atoms with Crippen LogP contribution in [0, 0.1) is 0 Å². The molecule has 0 bridgehead atoms. The summed E-state index contributed by atoms with van der Waals surface area (Å²) < 4.78 is 27.2. The van der Waals surface area contributed by atoms with Crippen LogP contribution >= 0.6 is 35.0 Å². The number of thioether (sulfide) groups is 1. The Morgan fingerprint density at radius 2 is 1.82 bits per heavy atom. The summed E-state index contributed by atoms with van der Waals surface area (Å²) in [5.41, 5.74) is 0.771. The molecule has 0 aliphatic carbocycles. The van der Waals surface area contributed by atoms with E-state index in [0.717, 1.165) is 11.3 Å². The third kappa shape index (κ3) is 3.01. The van der Waals surface area contributed by atoms with E-state index in [-0.39, 0.29) is 5.37 Å². The summed E-state index contributed by atoms with van der Waals surface area (Å²) in [5.74, 6) is 0.732. The van der Waals surface area contributed by atoms with Crippen LogP contribution in [0.3, 0.4) is 0 Å². The largest absolute Gasteiger partial charge is 0.244 e. The first kappa shape index (κ1) is 16.1. The zero-order valence-corrected chi connectivity index (χ0v) is 14.6. The van der Waals surface area contributed by atoms with E-state index in [1.807, 2.05) is 0 Å². The van der Waals surface area contributed by atoms with Gasteiger partial charge in [-0.15, -0.1) is 11.8 Å². The normalized spacial score (nSPS) is 19.5. The molecule has 1 saturated heterocycles. The van der Waals surface area contributed by atoms with Crippen LogP contribution in [0.2, 0.25) is 10.0 Å². The van der Waals surface area contributed by atoms with Gasteiger partial charge in [-0.1, -0.05) is 47.5 Å². The van der Waals surface area contributed by atoms with E-state index in [0.29, 0.717) is 21.5 Å². The summed E-state index contributed by atoms with van der Waals surface area (Å²) in [6.45, 7) is 0.464. The van der Waals surface area contributed by atoms with Crippen molar-refractivity contribution in [3.63, 3.8) is 0 Å². The van der Waals surface area contributed by atoms with Gasteiger partial charge in [-0.05, 0) is 29.8 Å². The average Bonchev–Trinajstić information content (AvgIpc) is 2.98. The number of hydrogen-bond donors (Lipinski definition) is 0. The second kappa shape index (κ2) is 6.42. The molecule has 1 heterocycles. The molecular weight excluding hydrogens is 361 g/mol. The highest BCUT2D eigenvalue weighted by molar-refractivity contribution is 8.01. The van der Waals surface area contributed by atoms with Gasteiger partial charge in [0.25, 0.3) is 0 Å². The van der Waals surface area contributed by atoms with Gasteiger partial charge in [0.1, 0.15) is 0 Å². The summed E-state index contributed by atoms with van der Waals surface area (Å²) >= 11 is 13.7. The summed E-state index contributed by atoms with van der Waals surface area (Å²) in [6.07, 6.45) is 0. The molecule has 0 N–H and O–H groups in total. The van der Waals surface area contributed by atoms with E-state index in [1.54, 1.807) is 60.3 Å². The Labute approximate surface area is 144 Å². The lowest BCUT2D eigenvalue weighted by Crippen LogP contribution is -2.30. The lowest BCUT2D eigenvalue weighted by Gasteiger charge is -2.24. The maximum atomic E-state index is 12.8. The summed E-state index contributed by atoms with van der Waals surface area (Å²) in [4.78, 5) is 0.299. The predicted octanol–water partition coefficient (Wildman–Crippen LogP) is 4.43. The standard InChI is InChI=1S/C15H13Cl2NO2S2/c16-11-6-7-13(14(17)10-11)15-18(8-9-21-15)22(19,20)12-4-2-1-3-5-12/h1-7,10,15H,8-9H2. The van der Waals surface area contributed by atoms with Gasteiger partial charge in [-0.2, -0.15) is 4.31 Å². The predicted molar refractivity (Wildman–Crippen MR) is 92.0 cm³/mol. The van der Waals surface area contributed by atoms with E-state index in [9.17, 15) is 8.42 Å². The molecule has 1 aliphatic heterocycles. The van der Waals surface area contributed by atoms with Gasteiger partial charge >= 0.3 is 0 Å². The molecule has 1 fully saturated rings. The third-order valence-corrected chi connectivity index (χ3v) is 7.24. The van der Waals surface area contributed by atoms with Crippen molar-refractivity contribution in [2.24, 2.45) is 0 Å². The van der Waals surface area contributed by atoms with E-state index in [4.69, 9.17) is 23.2 Å². The zero-order valence-electron chi connectivity index (χ0n) is 11.4. The molecule has 0 radical (unpaired) electrons. The van der Waals surface area contributed by atoms with Crippen molar-refractivity contribution in [1.82, 2.24) is 4.31 Å². The smallest absolute Gasteiger partial charge is 0.207 e. The topological polar surface area (TPSA) is 37.4 Å². The van der Waals surface area contributed by atoms with Crippen LogP contribution in [0.25, 0.3) is 0 Å². The minimum Gasteiger partial charge on any atom is -0.207 e. The van der Waals surface area contributed by atoms with Gasteiger partial charge in [-0.25, -0.2) is 8.42 Å². The molecule has 0 saturated carbocycles. The molecule has 2 aromatic carbocycles. The molecule has 0 spiro atoms. The van der Waals surface area contributed by atoms with Gasteiger partial charge in [0.2, 0.25) is 10.0 Å². The van der Waals surface area contributed by atoms with Crippen molar-refractivity contribution in [2.75, 3.05) is 12.3 Å². The second-order valence-corrected chi connectivity index (χ2v) is 8.74. The number of benzene rings is 2. The first-order valence-corrected chi connectivity index (χ1v) is 9.88. The van der Waals surface area contributed by atoms with Crippen LogP contribution in [0.15, 0.2) is 53.4 Å². The van der Waals surface area contributed by atoms with Crippen molar-refractivity contribution in [2.45, 2.75) is 10.3 Å². The Bertz CT molecular complexity index is 781. The van der Waals surface area contributed by atoms with Crippen LogP contribution in [-0.2, 0) is 10.0 Å². The van der Waals surface area contributed by atoms with Gasteiger partial charge < -0.3 is 0 Å². The van der Waals surface area contributed by atoms with Crippen LogP contribution in [-0.4, -0.2) is 25.0 Å². The lowest BCUT2D eigenvalue weighted by atomic mass is 10.2. The number of sulfonamides is 1. The fourth-order valence-electron chi connectivity index (χ4n) is 2.38. The SMILES string of the molecule is O=S(=O)(c1ccccc1)N1CCSC1c1ccc(Cl)cc1Cl. The Hall–Kier alpha value is -0.720. The van der Waals surface area contributed by atoms with Gasteiger partial charge in [0, 0.05) is 22.3 Å². The minimum atomic E-state index is -3.54. The van der Waals surface area contributed by atoms with Gasteiger partial charge in [-0.3, -0.25) is 0 Å². The number of hydrogen-bond acceptors (Lipinski definition) is 3. The maximum Gasteiger partial charge on any atom is 0.244 e. The summed E-state index contributed by atoms with van der Waals surface area (Å²) in [5, 5.41) is 0.698. The average molecular weight is 374 g/mol. The molecule has 1 aliphatic rings. The van der Waals surface area contributed by atoms with Crippen LogP contribution in [0.4, 0.5) is 0 Å². The highest BCUT2D eigenvalue weighted by atomic mass is 35.5. The number of nitrogens with zero attached hydrogens (tertiary/aromatic N) is 1. The molecule has 116 valence electrons. The monoisotopic (exact) mass is 373 g/mol. The van der Waals surface area contributed by atoms with Crippen molar-refractivity contribution in [3.05, 3.63) is 64.1 Å². The fraction of sp³-hybridized carbons (Fsp3) is 0.200. The van der Waals surface area contributed by atoms with Crippen molar-refractivity contribution < 1.29 is 8.42 Å². The molecule has 3 rings (SSSR count). The van der Waals surface area contributed by atoms with Gasteiger partial charge in [0.05, 0.1) is 10.3 Å². The van der Waals surface area contributed by atoms with Crippen molar-refractivity contribution in [3.8, 4) is 0 Å². The molecule has 1 atom stereocenters. The van der Waals surface area contributed by atoms with Crippen LogP contribution in [0.1, 0.15) is 10.9 Å². The quantitative estimate of drug-likeness (QED) is 0.798. The molecule has 1 unspecified atom stereocenters. The fourth-order valence-corrected chi connectivity index (χ4v) is 6.24. The summed E-state index contributed by atoms with van der Waals surface area (Å²) in [7, 11) is -3.54. The van der Waals surface area contributed by atoms with Crippen LogP contribution in [0.5, 0.6) is 0 Å². The first-order valence-electron chi connectivity index (χ1n) is 6.63. The van der Waals surface area contributed by atoms with E-state index in [2.05, 4.69) is 0 Å². The lowest BCUT2D eigenvalue weighted by molar-refractivity contribution is 0.434. The van der Waals surface area contributed by atoms with Crippen molar-refractivity contribution in [1.29, 1.82) is 0 Å². The van der Waals surface area contributed by atoms with E-state index in [1.165, 1.54) is 4.31 Å². The third-order valence-electron chi connectivity index (χ3n) is 3.43. The molecule has 7 heteroatoms. The molecule has 22 heavy (non-hydrogen) atoms. The van der Waals surface area contributed by atoms with Crippen molar-refractivity contribution >= 4 is 45.0 Å². The second-order valence-electron chi connectivity index (χ2n) is 4.82. The van der Waals surface area contributed by atoms with Gasteiger partial charge in [0.15, 0.2) is 0 Å². The summed E-state index contributed by atoms with van der Waals surface area (Å²) in [6, 6.07) is 13.6. The number of rotatable bonds is 3. The maximum absolute atomic E-state index is 12.8. The Kier molecular flexibility index (Phi) is 4.71. The zero-order chi connectivity index (χ0) is 15.7. The van der Waals surface area contributed by atoms with E-state index < -0.39 is 10.0 Å². The Balaban J connectivity index is 2.00. The molecular formula is C15H13Cl2NO2S2.